The van der Waals surface area contributed by atoms with Crippen molar-refractivity contribution in [2.45, 2.75) is 26.2 Å². The highest BCUT2D eigenvalue weighted by atomic mass is 35.5. The molecule has 2 rings (SSSR count). The predicted octanol–water partition coefficient (Wildman–Crippen LogP) is 3.15. The number of hydrogen-bond donors (Lipinski definition) is 1. The molecule has 2 unspecified atom stereocenters. The number of rotatable bonds is 5. The van der Waals surface area contributed by atoms with Crippen molar-refractivity contribution in [3.05, 3.63) is 15.5 Å². The summed E-state index contributed by atoms with van der Waals surface area (Å²) in [6.07, 6.45) is 3.04. The first-order valence-corrected chi connectivity index (χ1v) is 6.68. The molecule has 4 heteroatoms. The largest absolute Gasteiger partial charge is 0.316 e. The molecule has 0 bridgehead atoms. The molecular formula is C11H17ClN2S. The lowest BCUT2D eigenvalue weighted by Crippen LogP contribution is -2.22. The van der Waals surface area contributed by atoms with E-state index in [1.54, 1.807) is 17.5 Å². The molecule has 1 saturated carbocycles. The maximum atomic E-state index is 5.87. The van der Waals surface area contributed by atoms with Gasteiger partial charge in [0.25, 0.3) is 0 Å². The van der Waals surface area contributed by atoms with Gasteiger partial charge in [0, 0.05) is 5.92 Å². The number of nitrogens with zero attached hydrogens (tertiary/aromatic N) is 1. The second-order valence-corrected chi connectivity index (χ2v) is 6.35. The maximum Gasteiger partial charge on any atom is 0.113 e. The Balaban J connectivity index is 1.72. The molecule has 1 aliphatic rings. The van der Waals surface area contributed by atoms with E-state index in [0.29, 0.717) is 5.92 Å². The molecule has 1 aliphatic carbocycles. The van der Waals surface area contributed by atoms with Gasteiger partial charge in [0.1, 0.15) is 4.34 Å². The van der Waals surface area contributed by atoms with E-state index in [1.165, 1.54) is 11.4 Å². The Labute approximate surface area is 100 Å². The van der Waals surface area contributed by atoms with Gasteiger partial charge in [-0.05, 0) is 31.3 Å². The lowest BCUT2D eigenvalue weighted by Gasteiger charge is -2.05. The molecule has 2 nitrogen and oxygen atoms in total. The van der Waals surface area contributed by atoms with Gasteiger partial charge in [-0.25, -0.2) is 4.98 Å². The molecule has 0 aromatic carbocycles. The monoisotopic (exact) mass is 244 g/mol. The summed E-state index contributed by atoms with van der Waals surface area (Å²) in [5.41, 5.74) is 0. The molecule has 0 spiro atoms. The molecule has 1 heterocycles. The second-order valence-electron chi connectivity index (χ2n) is 4.66. The highest BCUT2D eigenvalue weighted by molar-refractivity contribution is 7.15. The Morgan fingerprint density at radius 1 is 1.67 bits per heavy atom. The Kier molecular flexibility index (Phi) is 3.65. The number of thiazole rings is 1. The summed E-state index contributed by atoms with van der Waals surface area (Å²) in [5, 5.41) is 4.72. The smallest absolute Gasteiger partial charge is 0.113 e. The minimum Gasteiger partial charge on any atom is -0.316 e. The maximum absolute atomic E-state index is 5.87. The van der Waals surface area contributed by atoms with Crippen LogP contribution in [0.5, 0.6) is 0 Å². The lowest BCUT2D eigenvalue weighted by atomic mass is 10.2. The van der Waals surface area contributed by atoms with Crippen LogP contribution in [0.3, 0.4) is 0 Å². The van der Waals surface area contributed by atoms with Crippen LogP contribution in [0, 0.1) is 11.8 Å². The van der Waals surface area contributed by atoms with E-state index in [0.717, 1.165) is 29.3 Å². The van der Waals surface area contributed by atoms with E-state index in [9.17, 15) is 0 Å². The van der Waals surface area contributed by atoms with Crippen LogP contribution in [0.2, 0.25) is 4.34 Å². The normalized spacial score (nSPS) is 24.8. The molecule has 1 aromatic rings. The van der Waals surface area contributed by atoms with Crippen LogP contribution < -0.4 is 5.32 Å². The summed E-state index contributed by atoms with van der Waals surface area (Å²) in [6.45, 7) is 6.71. The summed E-state index contributed by atoms with van der Waals surface area (Å²) in [7, 11) is 0. The van der Waals surface area contributed by atoms with Crippen LogP contribution in [0.25, 0.3) is 0 Å². The summed E-state index contributed by atoms with van der Waals surface area (Å²) in [4.78, 5) is 4.33. The number of nitrogens with one attached hydrogen (secondary N) is 1. The molecule has 0 saturated heterocycles. The zero-order valence-electron chi connectivity index (χ0n) is 9.16. The zero-order valence-corrected chi connectivity index (χ0v) is 10.7. The van der Waals surface area contributed by atoms with Crippen LogP contribution in [0.1, 0.15) is 31.2 Å². The van der Waals surface area contributed by atoms with Crippen LogP contribution in [-0.2, 0) is 0 Å². The molecule has 84 valence electrons. The van der Waals surface area contributed by atoms with Gasteiger partial charge in [0.05, 0.1) is 11.2 Å². The van der Waals surface area contributed by atoms with Crippen molar-refractivity contribution in [2.75, 3.05) is 13.1 Å². The fourth-order valence-electron chi connectivity index (χ4n) is 1.77. The van der Waals surface area contributed by atoms with Crippen molar-refractivity contribution in [2.24, 2.45) is 11.8 Å². The van der Waals surface area contributed by atoms with Crippen LogP contribution in [-0.4, -0.2) is 18.1 Å². The van der Waals surface area contributed by atoms with Gasteiger partial charge >= 0.3 is 0 Å². The lowest BCUT2D eigenvalue weighted by molar-refractivity contribution is 0.532. The SMILES string of the molecule is CC(C)CNCC1CC1c1ncc(Cl)s1. The summed E-state index contributed by atoms with van der Waals surface area (Å²) in [5.74, 6) is 2.18. The average molecular weight is 245 g/mol. The molecule has 0 radical (unpaired) electrons. The summed E-state index contributed by atoms with van der Waals surface area (Å²) >= 11 is 7.49. The standard InChI is InChI=1S/C11H17ClN2S/c1-7(2)4-13-5-8-3-9(8)11-14-6-10(12)15-11/h6-9,13H,3-5H2,1-2H3. The Bertz CT molecular complexity index is 324. The molecule has 1 N–H and O–H groups in total. The molecular weight excluding hydrogens is 228 g/mol. The van der Waals surface area contributed by atoms with Gasteiger partial charge in [-0.15, -0.1) is 11.3 Å². The highest BCUT2D eigenvalue weighted by Gasteiger charge is 2.39. The van der Waals surface area contributed by atoms with Crippen molar-refractivity contribution in [1.82, 2.24) is 10.3 Å². The van der Waals surface area contributed by atoms with Gasteiger partial charge in [0.2, 0.25) is 0 Å². The topological polar surface area (TPSA) is 24.9 Å². The van der Waals surface area contributed by atoms with Crippen molar-refractivity contribution in [1.29, 1.82) is 0 Å². The highest BCUT2D eigenvalue weighted by Crippen LogP contribution is 2.48. The zero-order chi connectivity index (χ0) is 10.8. The average Bonchev–Trinajstić information content (AvgIpc) is 2.80. The van der Waals surface area contributed by atoms with Crippen molar-refractivity contribution < 1.29 is 0 Å². The molecule has 0 aliphatic heterocycles. The molecule has 0 amide bonds. The third-order valence-electron chi connectivity index (χ3n) is 2.69. The summed E-state index contributed by atoms with van der Waals surface area (Å²) < 4.78 is 0.811. The quantitative estimate of drug-likeness (QED) is 0.861. The van der Waals surface area contributed by atoms with Gasteiger partial charge in [-0.1, -0.05) is 25.4 Å². The number of halogens is 1. The molecule has 1 fully saturated rings. The Morgan fingerprint density at radius 2 is 2.47 bits per heavy atom. The van der Waals surface area contributed by atoms with Gasteiger partial charge in [-0.3, -0.25) is 0 Å². The molecule has 2 atom stereocenters. The van der Waals surface area contributed by atoms with Crippen molar-refractivity contribution in [3.8, 4) is 0 Å². The molecule has 15 heavy (non-hydrogen) atoms. The van der Waals surface area contributed by atoms with E-state index in [1.807, 2.05) is 0 Å². The third kappa shape index (κ3) is 3.16. The van der Waals surface area contributed by atoms with Crippen molar-refractivity contribution >= 4 is 22.9 Å². The first kappa shape index (κ1) is 11.4. The van der Waals surface area contributed by atoms with Gasteiger partial charge in [0.15, 0.2) is 0 Å². The van der Waals surface area contributed by atoms with Gasteiger partial charge < -0.3 is 5.32 Å². The predicted molar refractivity (Wildman–Crippen MR) is 65.7 cm³/mol. The van der Waals surface area contributed by atoms with E-state index < -0.39 is 0 Å². The first-order valence-electron chi connectivity index (χ1n) is 5.48. The Morgan fingerprint density at radius 3 is 3.07 bits per heavy atom. The van der Waals surface area contributed by atoms with E-state index in [4.69, 9.17) is 11.6 Å². The Hall–Kier alpha value is -0.120. The third-order valence-corrected chi connectivity index (χ3v) is 3.94. The minimum absolute atomic E-state index is 0.669. The van der Waals surface area contributed by atoms with Crippen LogP contribution in [0.4, 0.5) is 0 Å². The second kappa shape index (κ2) is 4.81. The van der Waals surface area contributed by atoms with Crippen LogP contribution in [0.15, 0.2) is 6.20 Å². The number of aromatic nitrogens is 1. The van der Waals surface area contributed by atoms with E-state index in [2.05, 4.69) is 24.1 Å². The summed E-state index contributed by atoms with van der Waals surface area (Å²) in [6, 6.07) is 0. The van der Waals surface area contributed by atoms with E-state index in [-0.39, 0.29) is 0 Å². The molecule has 1 aromatic heterocycles. The van der Waals surface area contributed by atoms with Crippen LogP contribution >= 0.6 is 22.9 Å². The number of hydrogen-bond acceptors (Lipinski definition) is 3. The minimum atomic E-state index is 0.669. The fraction of sp³-hybridized carbons (Fsp3) is 0.727. The van der Waals surface area contributed by atoms with E-state index >= 15 is 0 Å². The van der Waals surface area contributed by atoms with Crippen molar-refractivity contribution in [3.63, 3.8) is 0 Å². The first-order chi connectivity index (χ1) is 7.16. The van der Waals surface area contributed by atoms with Gasteiger partial charge in [-0.2, -0.15) is 0 Å². The fourth-order valence-corrected chi connectivity index (χ4v) is 2.91.